The molecule has 0 saturated carbocycles. The van der Waals surface area contributed by atoms with Gasteiger partial charge in [-0.1, -0.05) is 170 Å². The SMILES string of the molecule is c1ccc(-c2ccccc2N(c2ccc3c(c2)oc2cc4c(cc23)oc2cc3c(cc24)oc2cc(N(c4ccc5c(c4)c4ccccc4n5-c4ccccc4)c4ccccc4-c4ccccc4)ccc23)c2ccc3c(c2)c2ccccc2n3-c2ccccc2)cc1. The minimum Gasteiger partial charge on any atom is -0.456 e. The van der Waals surface area contributed by atoms with Crippen molar-refractivity contribution in [2.75, 3.05) is 9.80 Å². The van der Waals surface area contributed by atoms with Crippen molar-refractivity contribution in [1.82, 2.24) is 9.13 Å². The highest BCUT2D eigenvalue weighted by Gasteiger charge is 2.25. The van der Waals surface area contributed by atoms with Crippen molar-refractivity contribution in [3.8, 4) is 33.6 Å². The van der Waals surface area contributed by atoms with Crippen LogP contribution < -0.4 is 9.80 Å². The molecule has 91 heavy (non-hydrogen) atoms. The Hall–Kier alpha value is -12.3. The smallest absolute Gasteiger partial charge is 0.137 e. The van der Waals surface area contributed by atoms with Gasteiger partial charge < -0.3 is 32.2 Å². The molecule has 14 aromatic carbocycles. The highest BCUT2D eigenvalue weighted by molar-refractivity contribution is 6.20. The van der Waals surface area contributed by atoms with E-state index in [0.717, 1.165) is 156 Å². The number of nitrogens with zero attached hydrogens (tertiary/aromatic N) is 4. The van der Waals surface area contributed by atoms with Crippen molar-refractivity contribution >= 4 is 144 Å². The van der Waals surface area contributed by atoms with Crippen LogP contribution in [0.2, 0.25) is 0 Å². The van der Waals surface area contributed by atoms with Crippen molar-refractivity contribution < 1.29 is 13.3 Å². The zero-order valence-electron chi connectivity index (χ0n) is 49.0. The summed E-state index contributed by atoms with van der Waals surface area (Å²) in [5, 5.41) is 10.6. The van der Waals surface area contributed by atoms with Crippen LogP contribution in [-0.2, 0) is 0 Å². The summed E-state index contributed by atoms with van der Waals surface area (Å²) in [4.78, 5) is 4.74. The van der Waals surface area contributed by atoms with E-state index in [0.29, 0.717) is 0 Å². The van der Waals surface area contributed by atoms with Crippen LogP contribution in [0.3, 0.4) is 0 Å². The minimum atomic E-state index is 0.779. The van der Waals surface area contributed by atoms with Crippen LogP contribution in [0.1, 0.15) is 0 Å². The normalized spacial score (nSPS) is 12.0. The second-order valence-corrected chi connectivity index (χ2v) is 23.6. The molecule has 7 nitrogen and oxygen atoms in total. The zero-order valence-corrected chi connectivity index (χ0v) is 49.0. The molecule has 19 rings (SSSR count). The summed E-state index contributed by atoms with van der Waals surface area (Å²) >= 11 is 0. The predicted molar refractivity (Wildman–Crippen MR) is 377 cm³/mol. The molecule has 0 amide bonds. The Morgan fingerprint density at radius 1 is 0.209 bits per heavy atom. The first kappa shape index (κ1) is 50.8. The molecule has 5 aromatic heterocycles. The summed E-state index contributed by atoms with van der Waals surface area (Å²) in [7, 11) is 0. The van der Waals surface area contributed by atoms with Gasteiger partial charge in [-0.05, 0) is 145 Å². The summed E-state index contributed by atoms with van der Waals surface area (Å²) in [6.45, 7) is 0. The maximum absolute atomic E-state index is 6.98. The maximum Gasteiger partial charge on any atom is 0.137 e. The number of rotatable bonds is 10. The lowest BCUT2D eigenvalue weighted by molar-refractivity contribution is 0.662. The van der Waals surface area contributed by atoms with Gasteiger partial charge in [-0.2, -0.15) is 0 Å². The second-order valence-electron chi connectivity index (χ2n) is 23.6. The van der Waals surface area contributed by atoms with Crippen LogP contribution in [0.25, 0.3) is 143 Å². The predicted octanol–water partition coefficient (Wildman–Crippen LogP) is 23.9. The summed E-state index contributed by atoms with van der Waals surface area (Å²) in [6.07, 6.45) is 0. The number of anilines is 6. The molecule has 0 saturated heterocycles. The molecule has 0 aliphatic heterocycles. The van der Waals surface area contributed by atoms with Gasteiger partial charge in [0.15, 0.2) is 0 Å². The largest absolute Gasteiger partial charge is 0.456 e. The quantitative estimate of drug-likeness (QED) is 0.137. The number of hydrogen-bond donors (Lipinski definition) is 0. The highest BCUT2D eigenvalue weighted by atomic mass is 16.3. The molecular weight excluding hydrogens is 1110 g/mol. The van der Waals surface area contributed by atoms with Gasteiger partial charge in [-0.15, -0.1) is 0 Å². The maximum atomic E-state index is 6.98. The van der Waals surface area contributed by atoms with Crippen molar-refractivity contribution in [2.45, 2.75) is 0 Å². The molecule has 0 radical (unpaired) electrons. The van der Waals surface area contributed by atoms with Crippen molar-refractivity contribution in [1.29, 1.82) is 0 Å². The van der Waals surface area contributed by atoms with Crippen molar-refractivity contribution in [3.63, 3.8) is 0 Å². The molecular formula is C84H52N4O3. The van der Waals surface area contributed by atoms with E-state index < -0.39 is 0 Å². The Morgan fingerprint density at radius 3 is 0.934 bits per heavy atom. The molecule has 0 N–H and O–H groups in total. The Labute approximate surface area is 521 Å². The average molecular weight is 1170 g/mol. The van der Waals surface area contributed by atoms with Crippen LogP contribution in [0.5, 0.6) is 0 Å². The van der Waals surface area contributed by atoms with Crippen molar-refractivity contribution in [2.24, 2.45) is 0 Å². The fourth-order valence-corrected chi connectivity index (χ4v) is 14.4. The van der Waals surface area contributed by atoms with E-state index in [1.807, 2.05) is 0 Å². The Bertz CT molecular complexity index is 5720. The topological polar surface area (TPSA) is 55.8 Å². The van der Waals surface area contributed by atoms with Crippen LogP contribution in [0, 0.1) is 0 Å². The number of para-hydroxylation sites is 6. The van der Waals surface area contributed by atoms with E-state index >= 15 is 0 Å². The molecule has 426 valence electrons. The zero-order chi connectivity index (χ0) is 59.7. The number of benzene rings is 14. The summed E-state index contributed by atoms with van der Waals surface area (Å²) in [5.74, 6) is 0. The van der Waals surface area contributed by atoms with Crippen LogP contribution in [0.4, 0.5) is 34.1 Å². The molecule has 0 aliphatic carbocycles. The lowest BCUT2D eigenvalue weighted by Gasteiger charge is -2.28. The molecule has 0 aliphatic rings. The summed E-state index contributed by atoms with van der Waals surface area (Å²) in [6, 6.07) is 113. The number of hydrogen-bond acceptors (Lipinski definition) is 5. The Balaban J connectivity index is 0.733. The number of aromatic nitrogens is 2. The molecule has 0 spiro atoms. The molecule has 5 heterocycles. The molecule has 0 atom stereocenters. The average Bonchev–Trinajstić information content (AvgIpc) is 1.75. The fraction of sp³-hybridized carbons (Fsp3) is 0. The van der Waals surface area contributed by atoms with E-state index in [4.69, 9.17) is 13.3 Å². The van der Waals surface area contributed by atoms with Gasteiger partial charge >= 0.3 is 0 Å². The van der Waals surface area contributed by atoms with Crippen LogP contribution in [0.15, 0.2) is 329 Å². The van der Waals surface area contributed by atoms with Crippen LogP contribution >= 0.6 is 0 Å². The third-order valence-corrected chi connectivity index (χ3v) is 18.5. The van der Waals surface area contributed by atoms with E-state index in [1.165, 1.54) is 21.5 Å². The van der Waals surface area contributed by atoms with Gasteiger partial charge in [0.25, 0.3) is 0 Å². The van der Waals surface area contributed by atoms with Crippen molar-refractivity contribution in [3.05, 3.63) is 315 Å². The molecule has 19 aromatic rings. The lowest BCUT2D eigenvalue weighted by atomic mass is 10.0. The molecule has 0 bridgehead atoms. The first-order valence-electron chi connectivity index (χ1n) is 30.9. The Kier molecular flexibility index (Phi) is 11.2. The van der Waals surface area contributed by atoms with Gasteiger partial charge in [0.2, 0.25) is 0 Å². The summed E-state index contributed by atoms with van der Waals surface area (Å²) < 4.78 is 25.5. The third kappa shape index (κ3) is 8.01. The van der Waals surface area contributed by atoms with E-state index in [9.17, 15) is 0 Å². The number of fused-ring (bicyclic) bond motifs is 15. The van der Waals surface area contributed by atoms with E-state index in [-0.39, 0.29) is 0 Å². The molecule has 0 unspecified atom stereocenters. The first-order chi connectivity index (χ1) is 45.1. The first-order valence-corrected chi connectivity index (χ1v) is 30.9. The molecule has 0 fully saturated rings. The molecule has 7 heteroatoms. The van der Waals surface area contributed by atoms with Crippen LogP contribution in [-0.4, -0.2) is 9.13 Å². The van der Waals surface area contributed by atoms with Gasteiger partial charge in [0.05, 0.1) is 33.4 Å². The fourth-order valence-electron chi connectivity index (χ4n) is 14.4. The monoisotopic (exact) mass is 1160 g/mol. The van der Waals surface area contributed by atoms with E-state index in [2.05, 4.69) is 334 Å². The van der Waals surface area contributed by atoms with Gasteiger partial charge in [0, 0.05) is 111 Å². The van der Waals surface area contributed by atoms with E-state index in [1.54, 1.807) is 0 Å². The van der Waals surface area contributed by atoms with Gasteiger partial charge in [-0.3, -0.25) is 0 Å². The van der Waals surface area contributed by atoms with Gasteiger partial charge in [-0.25, -0.2) is 0 Å². The minimum absolute atomic E-state index is 0.779. The third-order valence-electron chi connectivity index (χ3n) is 18.5. The second kappa shape index (κ2) is 20.1. The van der Waals surface area contributed by atoms with Gasteiger partial charge in [0.1, 0.15) is 33.5 Å². The number of furan rings is 3. The lowest BCUT2D eigenvalue weighted by Crippen LogP contribution is -2.11. The summed E-state index contributed by atoms with van der Waals surface area (Å²) in [5.41, 5.74) is 22.2. The standard InChI is InChI=1S/C84H52N4O3/c1-5-21-53(22-6-1)61-29-13-17-33-73(61)85(57-39-43-77-67(45-57)63-31-15-19-35-75(63)87(77)55-25-9-3-10-26-55)59-37-41-65-69-49-83-71(51-81(69)89-79(65)47-59)72-52-82-70(50-84(72)91-83)66-42-38-60(48-80(66)90-82)86(74-34-18-14-30-62(74)54-23-7-2-8-24-54)58-40-44-78-68(46-58)64-32-16-20-36-76(64)88(78)56-27-11-4-12-28-56/h1-52H. The highest BCUT2D eigenvalue weighted by Crippen LogP contribution is 2.49. The Morgan fingerprint density at radius 2 is 0.516 bits per heavy atom.